The fourth-order valence-corrected chi connectivity index (χ4v) is 0. The van der Waals surface area contributed by atoms with Crippen LogP contribution in [0.4, 0.5) is 4.79 Å². The van der Waals surface area contributed by atoms with Gasteiger partial charge in [0.15, 0.2) is 0 Å². The van der Waals surface area contributed by atoms with Gasteiger partial charge < -0.3 is 10.2 Å². The summed E-state index contributed by atoms with van der Waals surface area (Å²) in [5, 5.41) is 13.9. The maximum absolute atomic E-state index is 8.56. The molecular formula is C3H8O3Sr2+4. The van der Waals surface area contributed by atoms with Crippen molar-refractivity contribution in [2.45, 2.75) is 3.79 Å². The summed E-state index contributed by atoms with van der Waals surface area (Å²) < 4.78 is 4.34. The van der Waals surface area contributed by atoms with E-state index in [1.807, 2.05) is 0 Å². The van der Waals surface area contributed by atoms with Gasteiger partial charge in [0.2, 0.25) is 0 Å². The molecular weight excluding hydrogens is 259 g/mol. The van der Waals surface area contributed by atoms with Crippen molar-refractivity contribution < 1.29 is 15.0 Å². The van der Waals surface area contributed by atoms with Crippen LogP contribution in [0.2, 0.25) is 3.79 Å². The van der Waals surface area contributed by atoms with Crippen LogP contribution in [0.15, 0.2) is 0 Å². The van der Waals surface area contributed by atoms with Crippen LogP contribution in [0.3, 0.4) is 0 Å². The van der Waals surface area contributed by atoms with Crippen LogP contribution in [-0.4, -0.2) is 103 Å². The number of hydrogen-bond donors (Lipinski definition) is 2. The third kappa shape index (κ3) is 86.5. The summed E-state index contributed by atoms with van der Waals surface area (Å²) in [5.41, 5.74) is 0. The first-order valence-electron chi connectivity index (χ1n) is 2.07. The van der Waals surface area contributed by atoms with Gasteiger partial charge in [-0.3, -0.25) is 0 Å². The molecule has 0 aliphatic heterocycles. The molecule has 0 atom stereocenters. The van der Waals surface area contributed by atoms with Crippen LogP contribution in [0.1, 0.15) is 0 Å². The standard InChI is InChI=1S/CH2O3.2CH3.2Sr/c2-1(3)4;;;;/h(H2,2,3,4);2*1H3;;/q;;;2*+2. The Balaban J connectivity index is -0.0000000542. The van der Waals surface area contributed by atoms with E-state index in [1.165, 1.54) is 0 Å². The Morgan fingerprint density at radius 3 is 1.12 bits per heavy atom. The first-order chi connectivity index (χ1) is 3.73. The molecule has 0 aromatic carbocycles. The second-order valence-electron chi connectivity index (χ2n) is 0.283. The summed E-state index contributed by atoms with van der Waals surface area (Å²) in [6, 6.07) is 0. The molecule has 0 aromatic heterocycles. The van der Waals surface area contributed by atoms with Crippen LogP contribution in [0.5, 0.6) is 0 Å². The average Bonchev–Trinajstić information content (AvgIpc) is 1.75. The fourth-order valence-electron chi connectivity index (χ4n) is 0. The molecule has 0 aliphatic rings. The molecule has 5 heteroatoms. The van der Waals surface area contributed by atoms with Crippen molar-refractivity contribution in [1.29, 1.82) is 0 Å². The molecule has 0 aromatic rings. The van der Waals surface area contributed by atoms with E-state index >= 15 is 0 Å². The second kappa shape index (κ2) is 22.9. The minimum absolute atomic E-state index is 1.15. The zero-order valence-corrected chi connectivity index (χ0v) is 12.2. The molecule has 3 nitrogen and oxygen atoms in total. The van der Waals surface area contributed by atoms with Crippen LogP contribution in [-0.2, 0) is 0 Å². The number of carboxylic acid groups (broad SMARTS) is 2. The van der Waals surface area contributed by atoms with Gasteiger partial charge in [0, 0.05) is 0 Å². The van der Waals surface area contributed by atoms with Crippen molar-refractivity contribution in [2.75, 3.05) is 0 Å². The van der Waals surface area contributed by atoms with Gasteiger partial charge in [0.1, 0.15) is 0 Å². The average molecular weight is 267 g/mol. The van der Waals surface area contributed by atoms with Crippen LogP contribution in [0.25, 0.3) is 0 Å². The van der Waals surface area contributed by atoms with Gasteiger partial charge in [-0.25, -0.2) is 4.79 Å². The molecule has 2 N–H and O–H groups in total. The zero-order chi connectivity index (χ0) is 7.58. The summed E-state index contributed by atoms with van der Waals surface area (Å²) in [6.07, 6.45) is -1.83. The number of rotatable bonds is 0. The molecule has 0 aliphatic carbocycles. The van der Waals surface area contributed by atoms with Gasteiger partial charge in [-0.05, 0) is 0 Å². The third-order valence-corrected chi connectivity index (χ3v) is 0. The molecule has 0 rings (SSSR count). The fraction of sp³-hybridized carbons (Fsp3) is 0.667. The predicted molar refractivity (Wildman–Crippen MR) is 33.9 cm³/mol. The van der Waals surface area contributed by atoms with E-state index < -0.39 is 6.16 Å². The van der Waals surface area contributed by atoms with Crippen molar-refractivity contribution in [2.24, 2.45) is 0 Å². The first-order valence-corrected chi connectivity index (χ1v) is 9.02. The Morgan fingerprint density at radius 2 is 1.12 bits per heavy atom. The van der Waals surface area contributed by atoms with Gasteiger partial charge in [0.25, 0.3) is 0 Å². The summed E-state index contributed by atoms with van der Waals surface area (Å²) in [5.74, 6) is 0. The van der Waals surface area contributed by atoms with E-state index in [9.17, 15) is 0 Å². The monoisotopic (exact) mass is 268 g/mol. The predicted octanol–water partition coefficient (Wildman–Crippen LogP) is 0.628. The van der Waals surface area contributed by atoms with Crippen LogP contribution < -0.4 is 0 Å². The molecule has 0 saturated carbocycles. The van der Waals surface area contributed by atoms with Crippen molar-refractivity contribution in [1.82, 2.24) is 0 Å². The molecule has 0 saturated heterocycles. The molecule has 0 fully saturated rings. The summed E-state index contributed by atoms with van der Waals surface area (Å²) in [6.45, 7) is 0. The first kappa shape index (κ1) is 16.7. The quantitative estimate of drug-likeness (QED) is 0.633. The Kier molecular flexibility index (Phi) is 47.6. The van der Waals surface area contributed by atoms with E-state index in [0.717, 1.165) is 86.5 Å². The SMILES string of the molecule is O=C(O)O.[CH3][Sr+2].[CH3][Sr+2]. The van der Waals surface area contributed by atoms with Crippen molar-refractivity contribution in [3.8, 4) is 0 Å². The Hall–Kier alpha value is 2.23. The van der Waals surface area contributed by atoms with Crippen LogP contribution in [0, 0.1) is 0 Å². The van der Waals surface area contributed by atoms with Gasteiger partial charge in [-0.15, -0.1) is 0 Å². The van der Waals surface area contributed by atoms with E-state index in [0.29, 0.717) is 0 Å². The molecule has 38 valence electrons. The third-order valence-electron chi connectivity index (χ3n) is 0. The summed E-state index contributed by atoms with van der Waals surface area (Å²) in [4.78, 5) is 8.56. The van der Waals surface area contributed by atoms with Gasteiger partial charge >= 0.3 is 96.4 Å². The Bertz CT molecular complexity index is 35.5. The molecule has 0 bridgehead atoms. The number of carbonyl (C=O) groups is 1. The minimum atomic E-state index is -1.83. The number of hydrogen-bond acceptors (Lipinski definition) is 1. The van der Waals surface area contributed by atoms with E-state index in [4.69, 9.17) is 15.0 Å². The Morgan fingerprint density at radius 1 is 1.12 bits per heavy atom. The van der Waals surface area contributed by atoms with E-state index in [1.54, 1.807) is 0 Å². The van der Waals surface area contributed by atoms with Crippen molar-refractivity contribution in [3.63, 3.8) is 0 Å². The Labute approximate surface area is 108 Å². The summed E-state index contributed by atoms with van der Waals surface area (Å²) in [7, 11) is 0. The molecule has 0 heterocycles. The maximum atomic E-state index is 8.56. The topological polar surface area (TPSA) is 57.5 Å². The molecule has 0 unspecified atom stereocenters. The normalized spacial score (nSPS) is 4.50. The molecule has 0 amide bonds. The van der Waals surface area contributed by atoms with Crippen molar-refractivity contribution >= 4 is 92.7 Å². The summed E-state index contributed by atoms with van der Waals surface area (Å²) >= 11 is 2.30. The zero-order valence-electron chi connectivity index (χ0n) is 5.22. The molecule has 8 heavy (non-hydrogen) atoms. The van der Waals surface area contributed by atoms with Gasteiger partial charge in [-0.2, -0.15) is 0 Å². The molecule has 14 radical (unpaired) electrons. The van der Waals surface area contributed by atoms with E-state index in [-0.39, 0.29) is 0 Å². The molecule has 0 spiro atoms. The van der Waals surface area contributed by atoms with E-state index in [2.05, 4.69) is 3.79 Å². The van der Waals surface area contributed by atoms with Gasteiger partial charge in [0.05, 0.1) is 0 Å². The second-order valence-corrected chi connectivity index (χ2v) is 0.283. The van der Waals surface area contributed by atoms with Gasteiger partial charge in [-0.1, -0.05) is 0 Å². The van der Waals surface area contributed by atoms with Crippen LogP contribution >= 0.6 is 0 Å². The van der Waals surface area contributed by atoms with Crippen molar-refractivity contribution in [3.05, 3.63) is 0 Å².